The average Bonchev–Trinajstić information content (AvgIpc) is 3.32. The van der Waals surface area contributed by atoms with E-state index >= 15 is 0 Å². The first-order chi connectivity index (χ1) is 34.8. The third-order valence-corrected chi connectivity index (χ3v) is 10.2. The number of carbonyl (C=O) groups excluding carboxylic acids is 2. The highest BCUT2D eigenvalue weighted by atomic mass is 19.4. The number of benzene rings is 6. The number of carbonyl (C=O) groups is 2. The van der Waals surface area contributed by atoms with Crippen molar-refractivity contribution in [3.05, 3.63) is 178 Å². The average molecular weight is 1050 g/mol. The lowest BCUT2D eigenvalue weighted by molar-refractivity contribution is -0.187. The fourth-order valence-electron chi connectivity index (χ4n) is 6.56. The Morgan fingerprint density at radius 2 is 0.838 bits per heavy atom. The van der Waals surface area contributed by atoms with Crippen molar-refractivity contribution in [3.8, 4) is 34.1 Å². The number of ether oxygens (including phenoxy) is 6. The zero-order valence-corrected chi connectivity index (χ0v) is 38.1. The number of rotatable bonds is 21. The lowest BCUT2D eigenvalue weighted by Crippen LogP contribution is -2.22. The molecule has 390 valence electrons. The highest BCUT2D eigenvalue weighted by Gasteiger charge is 2.37. The minimum Gasteiger partial charge on any atom is -0.493 e. The van der Waals surface area contributed by atoms with Crippen LogP contribution in [0.4, 0.5) is 64.1 Å². The quantitative estimate of drug-likeness (QED) is 0.0310. The van der Waals surface area contributed by atoms with Gasteiger partial charge in [0.2, 0.25) is 0 Å². The predicted octanol–water partition coefficient (Wildman–Crippen LogP) is 13.2. The van der Waals surface area contributed by atoms with Gasteiger partial charge in [-0.05, 0) is 118 Å². The van der Waals surface area contributed by atoms with Crippen LogP contribution < -0.4 is 30.4 Å². The first-order valence-corrected chi connectivity index (χ1v) is 21.6. The van der Waals surface area contributed by atoms with Gasteiger partial charge in [-0.15, -0.1) is 0 Å². The Kier molecular flexibility index (Phi) is 17.5. The summed E-state index contributed by atoms with van der Waals surface area (Å²) in [6, 6.07) is 23.0. The zero-order valence-electron chi connectivity index (χ0n) is 38.1. The second-order valence-corrected chi connectivity index (χ2v) is 15.8. The van der Waals surface area contributed by atoms with Crippen LogP contribution in [-0.4, -0.2) is 37.5 Å². The highest BCUT2D eigenvalue weighted by molar-refractivity contribution is 5.88. The van der Waals surface area contributed by atoms with Gasteiger partial charge in [0, 0.05) is 35.7 Å². The molecule has 6 rings (SSSR count). The fraction of sp³-hybridized carbons (Fsp3) is 0.192. The Labute approximate surface area is 413 Å². The summed E-state index contributed by atoms with van der Waals surface area (Å²) >= 11 is 0. The van der Waals surface area contributed by atoms with E-state index in [0.717, 1.165) is 60.7 Å². The Balaban J connectivity index is 1.02. The molecule has 6 aromatic rings. The Morgan fingerprint density at radius 3 is 1.18 bits per heavy atom. The van der Waals surface area contributed by atoms with Gasteiger partial charge in [-0.1, -0.05) is 36.4 Å². The van der Waals surface area contributed by atoms with Crippen molar-refractivity contribution in [2.75, 3.05) is 24.7 Å². The molecular formula is C52H40F12N2O8. The molecule has 0 amide bonds. The second-order valence-electron chi connectivity index (χ2n) is 15.8. The molecule has 22 heteroatoms. The van der Waals surface area contributed by atoms with Gasteiger partial charge >= 0.3 is 36.5 Å². The summed E-state index contributed by atoms with van der Waals surface area (Å²) in [4.78, 5) is 25.6. The zero-order chi connectivity index (χ0) is 53.8. The number of anilines is 2. The van der Waals surface area contributed by atoms with Gasteiger partial charge in [-0.2, -0.15) is 43.9 Å². The van der Waals surface area contributed by atoms with Crippen LogP contribution in [0, 0.1) is 11.6 Å². The van der Waals surface area contributed by atoms with E-state index in [0.29, 0.717) is 45.8 Å². The Morgan fingerprint density at radius 1 is 0.473 bits per heavy atom. The fourth-order valence-corrected chi connectivity index (χ4v) is 6.56. The standard InChI is InChI=1S/C52H40F12N2O8/c53-43-27-39(69-23-21-49(55,56)57)13-17-45(43)73-51(61,62)35-7-1-31(2-8-35)5-19-47(67)71-29-33-25-37(65)11-15-41(33)42-16-12-38(66)26-34(42)30-72-48(68)20-6-32-3-9-36(10-4-32)52(63,64)74-46-18-14-40(28-44(46)54)70-24-22-50(58,59)60/h1-20,25-28H,21-24,29-30,65-66H2/b19-5+,20-6+. The normalized spacial score (nSPS) is 12.2. The number of hydrogen-bond acceptors (Lipinski definition) is 10. The van der Waals surface area contributed by atoms with E-state index in [1.54, 1.807) is 36.4 Å². The van der Waals surface area contributed by atoms with E-state index in [4.69, 9.17) is 30.4 Å². The highest BCUT2D eigenvalue weighted by Crippen LogP contribution is 2.37. The largest absolute Gasteiger partial charge is 0.493 e. The Hall–Kier alpha value is -8.30. The molecule has 6 aromatic carbocycles. The first kappa shape index (κ1) is 55.0. The van der Waals surface area contributed by atoms with Crippen molar-refractivity contribution in [1.29, 1.82) is 0 Å². The van der Waals surface area contributed by atoms with Crippen LogP contribution in [0.5, 0.6) is 23.0 Å². The van der Waals surface area contributed by atoms with Gasteiger partial charge in [0.05, 0.1) is 37.2 Å². The van der Waals surface area contributed by atoms with Crippen LogP contribution in [0.15, 0.2) is 133 Å². The van der Waals surface area contributed by atoms with Crippen molar-refractivity contribution in [2.24, 2.45) is 0 Å². The van der Waals surface area contributed by atoms with Gasteiger partial charge in [-0.3, -0.25) is 0 Å². The summed E-state index contributed by atoms with van der Waals surface area (Å²) in [5, 5.41) is 0. The molecule has 0 aliphatic carbocycles. The molecule has 0 bridgehead atoms. The van der Waals surface area contributed by atoms with Crippen molar-refractivity contribution in [1.82, 2.24) is 0 Å². The maximum atomic E-state index is 15.0. The monoisotopic (exact) mass is 1050 g/mol. The van der Waals surface area contributed by atoms with Gasteiger partial charge in [0.15, 0.2) is 23.1 Å². The molecule has 0 saturated heterocycles. The van der Waals surface area contributed by atoms with Crippen molar-refractivity contribution < 1.29 is 90.7 Å². The molecule has 0 saturated carbocycles. The molecule has 0 radical (unpaired) electrons. The van der Waals surface area contributed by atoms with Gasteiger partial charge in [0.1, 0.15) is 24.7 Å². The van der Waals surface area contributed by atoms with E-state index in [1.165, 1.54) is 36.4 Å². The van der Waals surface area contributed by atoms with Gasteiger partial charge in [0.25, 0.3) is 0 Å². The molecule has 0 aromatic heterocycles. The number of alkyl halides is 10. The summed E-state index contributed by atoms with van der Waals surface area (Å²) in [5.74, 6) is -6.73. The molecule has 0 spiro atoms. The van der Waals surface area contributed by atoms with Crippen molar-refractivity contribution in [2.45, 2.75) is 50.6 Å². The summed E-state index contributed by atoms with van der Waals surface area (Å²) < 4.78 is 193. The van der Waals surface area contributed by atoms with E-state index in [1.807, 2.05) is 0 Å². The third kappa shape index (κ3) is 16.4. The van der Waals surface area contributed by atoms with Crippen LogP contribution in [0.3, 0.4) is 0 Å². The minimum absolute atomic E-state index is 0.278. The SMILES string of the molecule is Nc1ccc(-c2ccc(N)cc2COC(=O)/C=C/c2ccc(C(F)(F)Oc3ccc(OCCC(F)(F)F)cc3F)cc2)c(COC(=O)/C=C/c2ccc(C(F)(F)Oc3ccc(OCCC(F)(F)F)cc3F)cc2)c1. The predicted molar refractivity (Wildman–Crippen MR) is 245 cm³/mol. The van der Waals surface area contributed by atoms with E-state index in [9.17, 15) is 62.3 Å². The van der Waals surface area contributed by atoms with Crippen LogP contribution in [0.1, 0.15) is 46.2 Å². The first-order valence-electron chi connectivity index (χ1n) is 21.6. The summed E-state index contributed by atoms with van der Waals surface area (Å²) in [6.07, 6.45) is -15.1. The van der Waals surface area contributed by atoms with Crippen LogP contribution in [0.25, 0.3) is 23.3 Å². The molecule has 0 atom stereocenters. The van der Waals surface area contributed by atoms with E-state index < -0.39 is 96.8 Å². The molecule has 0 heterocycles. The number of halogens is 12. The number of esters is 2. The van der Waals surface area contributed by atoms with E-state index in [-0.39, 0.29) is 35.8 Å². The summed E-state index contributed by atoms with van der Waals surface area (Å²) in [6.45, 7) is -2.25. The summed E-state index contributed by atoms with van der Waals surface area (Å²) in [5.41, 5.74) is 13.8. The molecule has 0 fully saturated rings. The van der Waals surface area contributed by atoms with Gasteiger partial charge in [-0.25, -0.2) is 18.4 Å². The third-order valence-electron chi connectivity index (χ3n) is 10.2. The van der Waals surface area contributed by atoms with Crippen molar-refractivity contribution in [3.63, 3.8) is 0 Å². The topological polar surface area (TPSA) is 142 Å². The van der Waals surface area contributed by atoms with Crippen LogP contribution in [0.2, 0.25) is 0 Å². The van der Waals surface area contributed by atoms with E-state index in [2.05, 4.69) is 9.47 Å². The van der Waals surface area contributed by atoms with Gasteiger partial charge < -0.3 is 39.9 Å². The number of nitrogen functional groups attached to an aromatic ring is 2. The minimum atomic E-state index is -4.51. The smallest absolute Gasteiger partial charge is 0.426 e. The number of hydrogen-bond donors (Lipinski definition) is 2. The maximum Gasteiger partial charge on any atom is 0.426 e. The molecule has 10 nitrogen and oxygen atoms in total. The second kappa shape index (κ2) is 23.5. The molecule has 74 heavy (non-hydrogen) atoms. The molecule has 4 N–H and O–H groups in total. The van der Waals surface area contributed by atoms with Crippen LogP contribution in [-0.2, 0) is 44.5 Å². The lowest BCUT2D eigenvalue weighted by Gasteiger charge is -2.19. The molecule has 0 unspecified atom stereocenters. The van der Waals surface area contributed by atoms with Crippen molar-refractivity contribution >= 4 is 35.5 Å². The summed E-state index contributed by atoms with van der Waals surface area (Å²) in [7, 11) is 0. The number of nitrogens with two attached hydrogens (primary N) is 2. The Bertz CT molecular complexity index is 2780. The molecular weight excluding hydrogens is 1010 g/mol. The molecule has 0 aliphatic rings. The molecule has 0 aliphatic heterocycles. The maximum absolute atomic E-state index is 15.0. The lowest BCUT2D eigenvalue weighted by atomic mass is 9.95. The van der Waals surface area contributed by atoms with Crippen LogP contribution >= 0.6 is 0 Å².